The average Bonchev–Trinajstić information content (AvgIpc) is 3.54. The summed E-state index contributed by atoms with van der Waals surface area (Å²) in [6.45, 7) is 4.51. The first-order valence-electron chi connectivity index (χ1n) is 11.0. The molecule has 0 unspecified atom stereocenters. The fourth-order valence-electron chi connectivity index (χ4n) is 3.62. The van der Waals surface area contributed by atoms with Crippen LogP contribution < -0.4 is 4.74 Å². The Hall–Kier alpha value is -3.01. The number of unbranched alkanes of at least 4 members (excludes halogenated alkanes) is 2. The van der Waals surface area contributed by atoms with Crippen LogP contribution in [0.25, 0.3) is 5.69 Å². The lowest BCUT2D eigenvalue weighted by Crippen LogP contribution is -2.38. The van der Waals surface area contributed by atoms with Crippen molar-refractivity contribution in [2.75, 3.05) is 19.7 Å². The van der Waals surface area contributed by atoms with E-state index in [-0.39, 0.29) is 6.09 Å². The first kappa shape index (κ1) is 22.2. The fraction of sp³-hybridized carbons (Fsp3) is 0.500. The SMILES string of the molecule is CCCCCOC(=O)N1CCC(c2nc(COc3ccc(-n4cnnn4)cc3)cs2)CC1. The van der Waals surface area contributed by atoms with Crippen LogP contribution in [-0.4, -0.2) is 55.9 Å². The van der Waals surface area contributed by atoms with Crippen molar-refractivity contribution in [1.82, 2.24) is 30.1 Å². The van der Waals surface area contributed by atoms with Gasteiger partial charge in [-0.3, -0.25) is 0 Å². The number of likely N-dealkylation sites (tertiary alicyclic amines) is 1. The Morgan fingerprint density at radius 1 is 1.19 bits per heavy atom. The lowest BCUT2D eigenvalue weighted by Gasteiger charge is -2.30. The molecule has 0 saturated carbocycles. The number of rotatable bonds is 9. The van der Waals surface area contributed by atoms with Gasteiger partial charge < -0.3 is 14.4 Å². The molecule has 0 radical (unpaired) electrons. The van der Waals surface area contributed by atoms with Crippen molar-refractivity contribution < 1.29 is 14.3 Å². The summed E-state index contributed by atoms with van der Waals surface area (Å²) in [4.78, 5) is 18.8. The smallest absolute Gasteiger partial charge is 0.409 e. The summed E-state index contributed by atoms with van der Waals surface area (Å²) in [5.41, 5.74) is 1.79. The van der Waals surface area contributed by atoms with Gasteiger partial charge in [-0.15, -0.1) is 16.4 Å². The van der Waals surface area contributed by atoms with E-state index in [9.17, 15) is 4.79 Å². The van der Waals surface area contributed by atoms with Crippen LogP contribution in [0.15, 0.2) is 36.0 Å². The summed E-state index contributed by atoms with van der Waals surface area (Å²) >= 11 is 1.67. The Morgan fingerprint density at radius 3 is 2.72 bits per heavy atom. The maximum atomic E-state index is 12.2. The molecule has 0 bridgehead atoms. The number of aromatic nitrogens is 5. The van der Waals surface area contributed by atoms with Gasteiger partial charge in [0.15, 0.2) is 0 Å². The summed E-state index contributed by atoms with van der Waals surface area (Å²) in [7, 11) is 0. The van der Waals surface area contributed by atoms with Gasteiger partial charge >= 0.3 is 6.09 Å². The Kier molecular flexibility index (Phi) is 7.65. The topological polar surface area (TPSA) is 95.3 Å². The molecule has 3 aromatic rings. The molecule has 0 aliphatic carbocycles. The zero-order valence-electron chi connectivity index (χ0n) is 18.2. The normalized spacial score (nSPS) is 14.5. The highest BCUT2D eigenvalue weighted by atomic mass is 32.1. The monoisotopic (exact) mass is 456 g/mol. The molecule has 1 fully saturated rings. The molecule has 1 amide bonds. The molecule has 1 saturated heterocycles. The lowest BCUT2D eigenvalue weighted by atomic mass is 9.98. The number of carbonyl (C=O) groups excluding carboxylic acids is 1. The number of hydrogen-bond donors (Lipinski definition) is 0. The summed E-state index contributed by atoms with van der Waals surface area (Å²) in [6.07, 6.45) is 6.35. The van der Waals surface area contributed by atoms with Gasteiger partial charge in [0.2, 0.25) is 0 Å². The van der Waals surface area contributed by atoms with Gasteiger partial charge in [-0.05, 0) is 54.0 Å². The Bertz CT molecular complexity index is 968. The minimum Gasteiger partial charge on any atom is -0.487 e. The molecule has 1 aliphatic heterocycles. The second-order valence-corrected chi connectivity index (χ2v) is 8.69. The van der Waals surface area contributed by atoms with Crippen molar-refractivity contribution in [3.63, 3.8) is 0 Å². The molecular weight excluding hydrogens is 428 g/mol. The maximum Gasteiger partial charge on any atom is 0.409 e. The van der Waals surface area contributed by atoms with E-state index >= 15 is 0 Å². The third-order valence-corrected chi connectivity index (χ3v) is 6.54. The number of tetrazole rings is 1. The van der Waals surface area contributed by atoms with Crippen molar-refractivity contribution >= 4 is 17.4 Å². The summed E-state index contributed by atoms with van der Waals surface area (Å²) in [6, 6.07) is 7.59. The minimum atomic E-state index is -0.182. The molecule has 170 valence electrons. The first-order valence-corrected chi connectivity index (χ1v) is 11.9. The van der Waals surface area contributed by atoms with Crippen LogP contribution >= 0.6 is 11.3 Å². The molecule has 1 aliphatic rings. The summed E-state index contributed by atoms with van der Waals surface area (Å²) in [5.74, 6) is 1.15. The predicted octanol–water partition coefficient (Wildman–Crippen LogP) is 4.20. The number of carbonyl (C=O) groups is 1. The molecule has 10 heteroatoms. The molecule has 0 spiro atoms. The zero-order chi connectivity index (χ0) is 22.2. The van der Waals surface area contributed by atoms with Gasteiger partial charge in [-0.2, -0.15) is 0 Å². The summed E-state index contributed by atoms with van der Waals surface area (Å²) in [5, 5.41) is 14.3. The molecular formula is C22H28N6O3S. The molecule has 2 aromatic heterocycles. The van der Waals surface area contributed by atoms with Gasteiger partial charge in [0.05, 0.1) is 23.0 Å². The first-order chi connectivity index (χ1) is 15.7. The van der Waals surface area contributed by atoms with E-state index in [4.69, 9.17) is 14.5 Å². The van der Waals surface area contributed by atoms with Crippen molar-refractivity contribution in [3.8, 4) is 11.4 Å². The molecule has 4 rings (SSSR count). The van der Waals surface area contributed by atoms with Crippen LogP contribution in [0.5, 0.6) is 5.75 Å². The fourth-order valence-corrected chi connectivity index (χ4v) is 4.60. The number of ether oxygens (including phenoxy) is 2. The number of amides is 1. The van der Waals surface area contributed by atoms with Crippen molar-refractivity contribution in [2.24, 2.45) is 0 Å². The number of benzene rings is 1. The minimum absolute atomic E-state index is 0.182. The number of piperidine rings is 1. The quantitative estimate of drug-likeness (QED) is 0.445. The maximum absolute atomic E-state index is 12.2. The lowest BCUT2D eigenvalue weighted by molar-refractivity contribution is 0.0912. The third-order valence-electron chi connectivity index (χ3n) is 5.48. The number of nitrogens with zero attached hydrogens (tertiary/aromatic N) is 6. The van der Waals surface area contributed by atoms with Crippen molar-refractivity contribution in [2.45, 2.75) is 51.6 Å². The van der Waals surface area contributed by atoms with E-state index in [2.05, 4.69) is 27.8 Å². The van der Waals surface area contributed by atoms with Crippen LogP contribution in [0.1, 0.15) is 55.6 Å². The molecule has 32 heavy (non-hydrogen) atoms. The molecule has 9 nitrogen and oxygen atoms in total. The highest BCUT2D eigenvalue weighted by Crippen LogP contribution is 2.31. The average molecular weight is 457 g/mol. The highest BCUT2D eigenvalue weighted by Gasteiger charge is 2.26. The predicted molar refractivity (Wildman–Crippen MR) is 120 cm³/mol. The summed E-state index contributed by atoms with van der Waals surface area (Å²) < 4.78 is 12.9. The van der Waals surface area contributed by atoms with Crippen LogP contribution in [0.3, 0.4) is 0 Å². The zero-order valence-corrected chi connectivity index (χ0v) is 19.0. The second kappa shape index (κ2) is 11.0. The van der Waals surface area contributed by atoms with E-state index < -0.39 is 0 Å². The van der Waals surface area contributed by atoms with Gasteiger partial charge in [-0.25, -0.2) is 14.5 Å². The van der Waals surface area contributed by atoms with Crippen LogP contribution in [-0.2, 0) is 11.3 Å². The van der Waals surface area contributed by atoms with E-state index in [1.54, 1.807) is 22.3 Å². The standard InChI is InChI=1S/C22H28N6O3S/c1-2-3-4-13-30-22(29)27-11-9-17(10-12-27)21-24-18(15-32-21)14-31-20-7-5-19(6-8-20)28-16-23-25-26-28/h5-8,15-17H,2-4,9-14H2,1H3. The Morgan fingerprint density at radius 2 is 2.00 bits per heavy atom. The van der Waals surface area contributed by atoms with Gasteiger partial charge in [0, 0.05) is 24.4 Å². The van der Waals surface area contributed by atoms with Crippen molar-refractivity contribution in [3.05, 3.63) is 46.7 Å². The van der Waals surface area contributed by atoms with Crippen LogP contribution in [0.4, 0.5) is 4.79 Å². The van der Waals surface area contributed by atoms with E-state index in [1.165, 1.54) is 0 Å². The Labute approximate surface area is 191 Å². The Balaban J connectivity index is 1.22. The van der Waals surface area contributed by atoms with Crippen molar-refractivity contribution in [1.29, 1.82) is 0 Å². The van der Waals surface area contributed by atoms with Crippen LogP contribution in [0, 0.1) is 0 Å². The molecule has 1 aromatic carbocycles. The molecule has 0 N–H and O–H groups in total. The number of thiazole rings is 1. The van der Waals surface area contributed by atoms with Crippen LogP contribution in [0.2, 0.25) is 0 Å². The second-order valence-electron chi connectivity index (χ2n) is 7.80. The largest absolute Gasteiger partial charge is 0.487 e. The highest BCUT2D eigenvalue weighted by molar-refractivity contribution is 7.09. The van der Waals surface area contributed by atoms with E-state index in [0.29, 0.717) is 19.1 Å². The van der Waals surface area contributed by atoms with E-state index in [0.717, 1.165) is 67.3 Å². The molecule has 0 atom stereocenters. The number of hydrogen-bond acceptors (Lipinski definition) is 8. The third kappa shape index (κ3) is 5.82. The van der Waals surface area contributed by atoms with Gasteiger partial charge in [0.1, 0.15) is 18.7 Å². The van der Waals surface area contributed by atoms with Gasteiger partial charge in [-0.1, -0.05) is 19.8 Å². The molecule has 3 heterocycles. The van der Waals surface area contributed by atoms with Gasteiger partial charge in [0.25, 0.3) is 0 Å². The van der Waals surface area contributed by atoms with E-state index in [1.807, 2.05) is 29.2 Å².